The SMILES string of the molecule is CC[C@H](C)[C@@H](C(=O)N1CCC[C@@H]1C(=O)N1C(=O)C=C(OC)[C@@H]1C(C)C)N(C)C(=O)[C@@H]1CCCN1. The van der Waals surface area contributed by atoms with Crippen molar-refractivity contribution >= 4 is 23.6 Å². The lowest BCUT2D eigenvalue weighted by Gasteiger charge is -2.38. The zero-order chi connectivity index (χ0) is 25.2. The Hall–Kier alpha value is -2.42. The van der Waals surface area contributed by atoms with Gasteiger partial charge in [-0.3, -0.25) is 24.1 Å². The summed E-state index contributed by atoms with van der Waals surface area (Å²) >= 11 is 0. The minimum absolute atomic E-state index is 0.0253. The summed E-state index contributed by atoms with van der Waals surface area (Å²) in [6.45, 7) is 9.07. The van der Waals surface area contributed by atoms with Crippen molar-refractivity contribution in [3.05, 3.63) is 11.8 Å². The maximum Gasteiger partial charge on any atom is 0.257 e. The minimum Gasteiger partial charge on any atom is -0.499 e. The molecule has 0 saturated carbocycles. The third-order valence-electron chi connectivity index (χ3n) is 7.56. The average Bonchev–Trinajstić information content (AvgIpc) is 3.57. The summed E-state index contributed by atoms with van der Waals surface area (Å²) in [6.07, 6.45) is 4.96. The van der Waals surface area contributed by atoms with Crippen molar-refractivity contribution < 1.29 is 23.9 Å². The Kier molecular flexibility index (Phi) is 8.38. The molecule has 190 valence electrons. The van der Waals surface area contributed by atoms with Crippen molar-refractivity contribution in [2.24, 2.45) is 11.8 Å². The molecule has 2 saturated heterocycles. The summed E-state index contributed by atoms with van der Waals surface area (Å²) in [7, 11) is 3.19. The van der Waals surface area contributed by atoms with Gasteiger partial charge in [0.15, 0.2) is 0 Å². The topological polar surface area (TPSA) is 99.3 Å². The Morgan fingerprint density at radius 1 is 1.21 bits per heavy atom. The van der Waals surface area contributed by atoms with E-state index >= 15 is 0 Å². The Balaban J connectivity index is 1.84. The van der Waals surface area contributed by atoms with Crippen LogP contribution in [-0.2, 0) is 23.9 Å². The fraction of sp³-hybridized carbons (Fsp3) is 0.760. The molecule has 9 heteroatoms. The summed E-state index contributed by atoms with van der Waals surface area (Å²) in [4.78, 5) is 57.8. The third-order valence-corrected chi connectivity index (χ3v) is 7.56. The number of nitrogens with one attached hydrogen (secondary N) is 1. The van der Waals surface area contributed by atoms with Crippen LogP contribution in [0.3, 0.4) is 0 Å². The highest BCUT2D eigenvalue weighted by Crippen LogP contribution is 2.31. The van der Waals surface area contributed by atoms with Crippen LogP contribution in [0.15, 0.2) is 11.8 Å². The summed E-state index contributed by atoms with van der Waals surface area (Å²) in [5.41, 5.74) is 0. The number of hydrogen-bond acceptors (Lipinski definition) is 6. The molecule has 3 aliphatic heterocycles. The fourth-order valence-electron chi connectivity index (χ4n) is 5.50. The van der Waals surface area contributed by atoms with E-state index in [2.05, 4.69) is 5.32 Å². The van der Waals surface area contributed by atoms with E-state index in [4.69, 9.17) is 4.74 Å². The van der Waals surface area contributed by atoms with Gasteiger partial charge in [0.25, 0.3) is 11.8 Å². The number of imide groups is 1. The molecule has 0 aromatic carbocycles. The molecule has 0 unspecified atom stereocenters. The van der Waals surface area contributed by atoms with Crippen LogP contribution in [0.2, 0.25) is 0 Å². The maximum atomic E-state index is 13.9. The van der Waals surface area contributed by atoms with E-state index in [1.165, 1.54) is 18.1 Å². The van der Waals surface area contributed by atoms with Crippen LogP contribution in [0.5, 0.6) is 0 Å². The lowest BCUT2D eigenvalue weighted by Crippen LogP contribution is -2.59. The highest BCUT2D eigenvalue weighted by atomic mass is 16.5. The van der Waals surface area contributed by atoms with Gasteiger partial charge in [0.2, 0.25) is 11.8 Å². The van der Waals surface area contributed by atoms with Crippen LogP contribution in [0, 0.1) is 11.8 Å². The van der Waals surface area contributed by atoms with Gasteiger partial charge < -0.3 is 19.9 Å². The fourth-order valence-corrected chi connectivity index (χ4v) is 5.50. The summed E-state index contributed by atoms with van der Waals surface area (Å²) in [5, 5.41) is 3.22. The number of nitrogens with zero attached hydrogens (tertiary/aromatic N) is 3. The zero-order valence-electron chi connectivity index (χ0n) is 21.4. The number of rotatable bonds is 8. The van der Waals surface area contributed by atoms with E-state index in [0.717, 1.165) is 25.8 Å². The molecule has 4 amide bonds. The first-order valence-electron chi connectivity index (χ1n) is 12.6. The summed E-state index contributed by atoms with van der Waals surface area (Å²) < 4.78 is 5.38. The molecule has 0 aliphatic carbocycles. The van der Waals surface area contributed by atoms with Crippen LogP contribution >= 0.6 is 0 Å². The Bertz CT molecular complexity index is 835. The molecule has 2 fully saturated rings. The van der Waals surface area contributed by atoms with Crippen molar-refractivity contribution in [1.82, 2.24) is 20.0 Å². The number of amides is 4. The van der Waals surface area contributed by atoms with E-state index in [0.29, 0.717) is 25.1 Å². The molecule has 0 radical (unpaired) electrons. The van der Waals surface area contributed by atoms with Gasteiger partial charge >= 0.3 is 0 Å². The highest BCUT2D eigenvalue weighted by Gasteiger charge is 2.48. The molecule has 3 heterocycles. The highest BCUT2D eigenvalue weighted by molar-refractivity contribution is 6.07. The normalized spacial score (nSPS) is 26.6. The zero-order valence-corrected chi connectivity index (χ0v) is 21.4. The lowest BCUT2D eigenvalue weighted by atomic mass is 9.95. The molecule has 0 spiro atoms. The second-order valence-electron chi connectivity index (χ2n) is 10.1. The summed E-state index contributed by atoms with van der Waals surface area (Å²) in [5.74, 6) is -0.699. The van der Waals surface area contributed by atoms with Crippen molar-refractivity contribution in [2.75, 3.05) is 27.2 Å². The molecule has 0 aromatic rings. The molecule has 1 N–H and O–H groups in total. The molecule has 5 atom stereocenters. The average molecular weight is 477 g/mol. The van der Waals surface area contributed by atoms with Gasteiger partial charge in [0.05, 0.1) is 19.2 Å². The number of hydrogen-bond donors (Lipinski definition) is 1. The summed E-state index contributed by atoms with van der Waals surface area (Å²) in [6, 6.07) is -2.13. The first kappa shape index (κ1) is 26.2. The molecule has 3 aliphatic rings. The lowest BCUT2D eigenvalue weighted by molar-refractivity contribution is -0.154. The van der Waals surface area contributed by atoms with Crippen molar-refractivity contribution in [2.45, 2.75) is 84.0 Å². The Labute approximate surface area is 202 Å². The predicted molar refractivity (Wildman–Crippen MR) is 127 cm³/mol. The molecule has 9 nitrogen and oxygen atoms in total. The van der Waals surface area contributed by atoms with Gasteiger partial charge in [-0.2, -0.15) is 0 Å². The molecule has 0 bridgehead atoms. The second-order valence-corrected chi connectivity index (χ2v) is 10.1. The van der Waals surface area contributed by atoms with E-state index in [1.54, 1.807) is 16.8 Å². The molecule has 0 aromatic heterocycles. The van der Waals surface area contributed by atoms with Gasteiger partial charge in [-0.05, 0) is 44.1 Å². The third kappa shape index (κ3) is 4.85. The quantitative estimate of drug-likeness (QED) is 0.534. The molecule has 3 rings (SSSR count). The largest absolute Gasteiger partial charge is 0.499 e. The van der Waals surface area contributed by atoms with Crippen molar-refractivity contribution in [3.8, 4) is 0 Å². The monoisotopic (exact) mass is 476 g/mol. The number of methoxy groups -OCH3 is 1. The first-order chi connectivity index (χ1) is 16.1. The number of likely N-dealkylation sites (N-methyl/N-ethyl adjacent to an activating group) is 1. The number of carbonyl (C=O) groups excluding carboxylic acids is 4. The van der Waals surface area contributed by atoms with Crippen LogP contribution in [0.25, 0.3) is 0 Å². The van der Waals surface area contributed by atoms with Gasteiger partial charge in [-0.15, -0.1) is 0 Å². The number of ether oxygens (including phenoxy) is 1. The van der Waals surface area contributed by atoms with E-state index in [9.17, 15) is 19.2 Å². The predicted octanol–water partition coefficient (Wildman–Crippen LogP) is 1.53. The number of likely N-dealkylation sites (tertiary alicyclic amines) is 1. The van der Waals surface area contributed by atoms with E-state index < -0.39 is 24.0 Å². The van der Waals surface area contributed by atoms with Crippen molar-refractivity contribution in [3.63, 3.8) is 0 Å². The minimum atomic E-state index is -0.720. The van der Waals surface area contributed by atoms with Gasteiger partial charge in [-0.1, -0.05) is 34.1 Å². The smallest absolute Gasteiger partial charge is 0.257 e. The molecular weight excluding hydrogens is 436 g/mol. The van der Waals surface area contributed by atoms with E-state index in [-0.39, 0.29) is 35.6 Å². The van der Waals surface area contributed by atoms with Gasteiger partial charge in [0.1, 0.15) is 17.8 Å². The van der Waals surface area contributed by atoms with Gasteiger partial charge in [-0.25, -0.2) is 0 Å². The Morgan fingerprint density at radius 2 is 1.91 bits per heavy atom. The second kappa shape index (κ2) is 10.9. The molecule has 34 heavy (non-hydrogen) atoms. The Morgan fingerprint density at radius 3 is 2.47 bits per heavy atom. The number of carbonyl (C=O) groups is 4. The van der Waals surface area contributed by atoms with Crippen LogP contribution in [0.4, 0.5) is 0 Å². The van der Waals surface area contributed by atoms with Gasteiger partial charge in [0, 0.05) is 19.7 Å². The molecular formula is C25H40N4O5. The van der Waals surface area contributed by atoms with Crippen molar-refractivity contribution in [1.29, 1.82) is 0 Å². The van der Waals surface area contributed by atoms with Crippen LogP contribution in [-0.4, -0.2) is 89.7 Å². The van der Waals surface area contributed by atoms with Crippen LogP contribution in [0.1, 0.15) is 59.8 Å². The first-order valence-corrected chi connectivity index (χ1v) is 12.6. The maximum absolute atomic E-state index is 13.9. The van der Waals surface area contributed by atoms with E-state index in [1.807, 2.05) is 27.7 Å². The van der Waals surface area contributed by atoms with Crippen LogP contribution < -0.4 is 5.32 Å². The standard InChI is InChI=1S/C25H40N4O5/c1-7-16(4)22(27(5)23(31)17-10-8-12-26-17)25(33)28-13-9-11-18(28)24(32)29-20(30)14-19(34-6)21(29)15(2)3/h14-18,21-22,26H,7-13H2,1-6H3/t16-,17-,18+,21-,22-/m0/s1.